The zero-order valence-electron chi connectivity index (χ0n) is 12.0. The highest BCUT2D eigenvalue weighted by molar-refractivity contribution is 6.34. The molecule has 0 radical (unpaired) electrons. The smallest absolute Gasteiger partial charge is 0.374 e. The Morgan fingerprint density at radius 1 is 1.23 bits per heavy atom. The topological polar surface area (TPSA) is 68.3 Å². The monoisotopic (exact) mass is 302 g/mol. The van der Waals surface area contributed by atoms with E-state index < -0.39 is 11.8 Å². The summed E-state index contributed by atoms with van der Waals surface area (Å²) in [5.41, 5.74) is 1.84. The van der Waals surface area contributed by atoms with Gasteiger partial charge in [0.1, 0.15) is 5.82 Å². The summed E-state index contributed by atoms with van der Waals surface area (Å²) in [6.45, 7) is 1.79. The molecule has 0 unspecified atom stereocenters. The number of ether oxygens (including phenoxy) is 1. The van der Waals surface area contributed by atoms with Crippen molar-refractivity contribution in [2.45, 2.75) is 13.3 Å². The molecule has 0 bridgehead atoms. The molecule has 0 aliphatic heterocycles. The molecule has 5 nitrogen and oxygen atoms in total. The number of aromatic nitrogens is 1. The van der Waals surface area contributed by atoms with E-state index in [1.807, 2.05) is 0 Å². The summed E-state index contributed by atoms with van der Waals surface area (Å²) in [6, 6.07) is 7.42. The lowest BCUT2D eigenvalue weighted by Crippen LogP contribution is -2.19. The molecular weight excluding hydrogens is 287 g/mol. The maximum Gasteiger partial charge on any atom is 0.374 e. The van der Waals surface area contributed by atoms with Crippen molar-refractivity contribution in [2.24, 2.45) is 0 Å². The van der Waals surface area contributed by atoms with Crippen LogP contribution in [0.15, 0.2) is 42.7 Å². The summed E-state index contributed by atoms with van der Waals surface area (Å²) < 4.78 is 17.6. The Labute approximate surface area is 127 Å². The first-order valence-electron chi connectivity index (χ1n) is 6.75. The molecule has 0 aliphatic rings. The number of hydrogen-bond acceptors (Lipinski definition) is 5. The lowest BCUT2D eigenvalue weighted by atomic mass is 10.1. The fourth-order valence-corrected chi connectivity index (χ4v) is 1.84. The van der Waals surface area contributed by atoms with Gasteiger partial charge in [-0.25, -0.2) is 9.18 Å². The first-order valence-corrected chi connectivity index (χ1v) is 6.75. The second kappa shape index (κ2) is 7.31. The molecule has 1 aromatic heterocycles. The highest BCUT2D eigenvalue weighted by Crippen LogP contribution is 2.20. The third-order valence-corrected chi connectivity index (χ3v) is 2.89. The molecular formula is C16H15FN2O3. The molecule has 0 atom stereocenters. The molecule has 2 rings (SSSR count). The largest absolute Gasteiger partial charge is 0.460 e. The average molecular weight is 302 g/mol. The number of nitrogens with one attached hydrogen (secondary N) is 1. The summed E-state index contributed by atoms with van der Waals surface area (Å²) in [4.78, 5) is 27.2. The number of Topliss-reactive ketones (excluding diaryl/α,β-unsaturated/α-hetero) is 1. The standard InChI is InChI=1S/C16H15FN2O3/c1-2-22-16(21)15(20)9-11-7-8-18-10-14(11)19-13-5-3-12(17)4-6-13/h3-8,10,19H,2,9H2,1H3. The highest BCUT2D eigenvalue weighted by Gasteiger charge is 2.17. The van der Waals surface area contributed by atoms with Crippen LogP contribution in [0.25, 0.3) is 0 Å². The number of carbonyl (C=O) groups is 2. The van der Waals surface area contributed by atoms with Crippen LogP contribution >= 0.6 is 0 Å². The minimum Gasteiger partial charge on any atom is -0.460 e. The number of esters is 1. The Kier molecular flexibility index (Phi) is 5.19. The zero-order chi connectivity index (χ0) is 15.9. The Hall–Kier alpha value is -2.76. The number of benzene rings is 1. The van der Waals surface area contributed by atoms with Crippen LogP contribution in [0.5, 0.6) is 0 Å². The molecule has 22 heavy (non-hydrogen) atoms. The van der Waals surface area contributed by atoms with Gasteiger partial charge < -0.3 is 10.1 Å². The van der Waals surface area contributed by atoms with Crippen LogP contribution in [0.3, 0.4) is 0 Å². The molecule has 0 spiro atoms. The number of nitrogens with zero attached hydrogens (tertiary/aromatic N) is 1. The minimum absolute atomic E-state index is 0.0924. The fraction of sp³-hybridized carbons (Fsp3) is 0.188. The third kappa shape index (κ3) is 4.12. The highest BCUT2D eigenvalue weighted by atomic mass is 19.1. The summed E-state index contributed by atoms with van der Waals surface area (Å²) >= 11 is 0. The number of hydrogen-bond donors (Lipinski definition) is 1. The number of anilines is 2. The first-order chi connectivity index (χ1) is 10.6. The van der Waals surface area contributed by atoms with Gasteiger partial charge in [0.25, 0.3) is 0 Å². The van der Waals surface area contributed by atoms with E-state index >= 15 is 0 Å². The van der Waals surface area contributed by atoms with Crippen LogP contribution < -0.4 is 5.32 Å². The number of rotatable bonds is 6. The molecule has 6 heteroatoms. The molecule has 0 fully saturated rings. The van der Waals surface area contributed by atoms with Gasteiger partial charge in [-0.3, -0.25) is 9.78 Å². The average Bonchev–Trinajstić information content (AvgIpc) is 2.51. The van der Waals surface area contributed by atoms with Crippen LogP contribution in [0.2, 0.25) is 0 Å². The van der Waals surface area contributed by atoms with Crippen LogP contribution in [0, 0.1) is 5.82 Å². The first kappa shape index (κ1) is 15.6. The van der Waals surface area contributed by atoms with Gasteiger partial charge in [-0.1, -0.05) is 0 Å². The van der Waals surface area contributed by atoms with Crippen molar-refractivity contribution in [3.8, 4) is 0 Å². The summed E-state index contributed by atoms with van der Waals surface area (Å²) in [7, 11) is 0. The number of carbonyl (C=O) groups excluding carboxylic acids is 2. The van der Waals surface area contributed by atoms with E-state index in [1.54, 1.807) is 25.1 Å². The quantitative estimate of drug-likeness (QED) is 0.656. The van der Waals surface area contributed by atoms with Gasteiger partial charge in [0.05, 0.1) is 18.5 Å². The molecule has 114 valence electrons. The fourth-order valence-electron chi connectivity index (χ4n) is 1.84. The number of halogens is 1. The lowest BCUT2D eigenvalue weighted by molar-refractivity contribution is -0.153. The van der Waals surface area contributed by atoms with Gasteiger partial charge in [-0.05, 0) is 42.8 Å². The van der Waals surface area contributed by atoms with Gasteiger partial charge in [0.15, 0.2) is 0 Å². The van der Waals surface area contributed by atoms with Crippen LogP contribution in [-0.4, -0.2) is 23.3 Å². The molecule has 0 saturated carbocycles. The maximum atomic E-state index is 12.9. The number of pyridine rings is 1. The van der Waals surface area contributed by atoms with E-state index in [2.05, 4.69) is 15.0 Å². The van der Waals surface area contributed by atoms with Crippen molar-refractivity contribution in [3.05, 3.63) is 54.1 Å². The van der Waals surface area contributed by atoms with Crippen molar-refractivity contribution in [2.75, 3.05) is 11.9 Å². The lowest BCUT2D eigenvalue weighted by Gasteiger charge is -2.11. The summed E-state index contributed by atoms with van der Waals surface area (Å²) in [5.74, 6) is -1.82. The van der Waals surface area contributed by atoms with Gasteiger partial charge in [0.2, 0.25) is 5.78 Å². The SMILES string of the molecule is CCOC(=O)C(=O)Cc1ccncc1Nc1ccc(F)cc1. The molecule has 2 aromatic rings. The van der Waals surface area contributed by atoms with Crippen molar-refractivity contribution in [3.63, 3.8) is 0 Å². The normalized spacial score (nSPS) is 10.1. The van der Waals surface area contributed by atoms with Crippen molar-refractivity contribution < 1.29 is 18.7 Å². The van der Waals surface area contributed by atoms with E-state index in [-0.39, 0.29) is 18.8 Å². The molecule has 1 aromatic carbocycles. The Bertz CT molecular complexity index is 671. The Morgan fingerprint density at radius 2 is 1.95 bits per heavy atom. The predicted octanol–water partition coefficient (Wildman–Crippen LogP) is 2.64. The van der Waals surface area contributed by atoms with E-state index in [1.165, 1.54) is 24.5 Å². The van der Waals surface area contributed by atoms with Crippen molar-refractivity contribution >= 4 is 23.1 Å². The van der Waals surface area contributed by atoms with E-state index in [0.717, 1.165) is 0 Å². The van der Waals surface area contributed by atoms with Crippen LogP contribution in [0.4, 0.5) is 15.8 Å². The molecule has 0 saturated heterocycles. The third-order valence-electron chi connectivity index (χ3n) is 2.89. The molecule has 1 heterocycles. The summed E-state index contributed by atoms with van der Waals surface area (Å²) in [5, 5.41) is 3.04. The van der Waals surface area contributed by atoms with Crippen molar-refractivity contribution in [1.82, 2.24) is 4.98 Å². The summed E-state index contributed by atoms with van der Waals surface area (Å²) in [6.07, 6.45) is 2.98. The van der Waals surface area contributed by atoms with Crippen LogP contribution in [0.1, 0.15) is 12.5 Å². The minimum atomic E-state index is -0.855. The second-order valence-corrected chi connectivity index (χ2v) is 4.49. The molecule has 0 aliphatic carbocycles. The van der Waals surface area contributed by atoms with Crippen molar-refractivity contribution in [1.29, 1.82) is 0 Å². The van der Waals surface area contributed by atoms with Crippen LogP contribution in [-0.2, 0) is 20.7 Å². The Balaban J connectivity index is 2.14. The van der Waals surface area contributed by atoms with Gasteiger partial charge >= 0.3 is 5.97 Å². The number of ketones is 1. The Morgan fingerprint density at radius 3 is 2.64 bits per heavy atom. The van der Waals surface area contributed by atoms with E-state index in [0.29, 0.717) is 16.9 Å². The maximum absolute atomic E-state index is 12.9. The van der Waals surface area contributed by atoms with E-state index in [4.69, 9.17) is 0 Å². The van der Waals surface area contributed by atoms with Gasteiger partial charge in [-0.2, -0.15) is 0 Å². The second-order valence-electron chi connectivity index (χ2n) is 4.49. The van der Waals surface area contributed by atoms with Gasteiger partial charge in [-0.15, -0.1) is 0 Å². The molecule has 1 N–H and O–H groups in total. The zero-order valence-corrected chi connectivity index (χ0v) is 12.0. The molecule has 0 amide bonds. The van der Waals surface area contributed by atoms with E-state index in [9.17, 15) is 14.0 Å². The predicted molar refractivity (Wildman–Crippen MR) is 79.3 cm³/mol. The van der Waals surface area contributed by atoms with Gasteiger partial charge in [0, 0.05) is 18.3 Å².